The molecule has 1 saturated heterocycles. The molecular weight excluding hydrogens is 350 g/mol. The molecule has 28 heavy (non-hydrogen) atoms. The maximum atomic E-state index is 12.4. The number of nitrogens with zero attached hydrogens (tertiary/aromatic N) is 2. The minimum Gasteiger partial charge on any atom is -0.351 e. The van der Waals surface area contributed by atoms with Gasteiger partial charge in [0.15, 0.2) is 0 Å². The predicted molar refractivity (Wildman–Crippen MR) is 111 cm³/mol. The van der Waals surface area contributed by atoms with Gasteiger partial charge < -0.3 is 10.2 Å². The van der Waals surface area contributed by atoms with E-state index in [1.165, 1.54) is 11.1 Å². The Bertz CT molecular complexity index is 811. The van der Waals surface area contributed by atoms with Crippen LogP contribution in [-0.4, -0.2) is 48.3 Å². The van der Waals surface area contributed by atoms with Gasteiger partial charge in [0.05, 0.1) is 6.54 Å². The second kappa shape index (κ2) is 9.51. The number of aryl methyl sites for hydroxylation is 1. The molecule has 1 aliphatic heterocycles. The summed E-state index contributed by atoms with van der Waals surface area (Å²) in [6.07, 6.45) is 2.18. The van der Waals surface area contributed by atoms with Gasteiger partial charge in [-0.2, -0.15) is 0 Å². The van der Waals surface area contributed by atoms with Crippen LogP contribution in [0.2, 0.25) is 0 Å². The number of benzene rings is 2. The Hall–Kier alpha value is -2.66. The standard InChI is InChI=1S/C23H29N3O2/c1-18-7-3-4-8-21(18)16-25(2)17-22(27)24-15-19-9-11-20(12-10-19)23(28)26-13-5-6-14-26/h3-4,7-12H,5-6,13-17H2,1-2H3,(H,24,27). The molecule has 0 atom stereocenters. The summed E-state index contributed by atoms with van der Waals surface area (Å²) in [6, 6.07) is 15.8. The Morgan fingerprint density at radius 1 is 1.04 bits per heavy atom. The van der Waals surface area contributed by atoms with Crippen molar-refractivity contribution in [3.63, 3.8) is 0 Å². The lowest BCUT2D eigenvalue weighted by molar-refractivity contribution is -0.122. The molecule has 5 nitrogen and oxygen atoms in total. The minimum atomic E-state index is -0.00620. The van der Waals surface area contributed by atoms with E-state index in [0.29, 0.717) is 13.1 Å². The Kier molecular flexibility index (Phi) is 6.82. The maximum absolute atomic E-state index is 12.4. The fourth-order valence-electron chi connectivity index (χ4n) is 3.50. The molecule has 3 rings (SSSR count). The lowest BCUT2D eigenvalue weighted by atomic mass is 10.1. The van der Waals surface area contributed by atoms with E-state index >= 15 is 0 Å². The average molecular weight is 380 g/mol. The van der Waals surface area contributed by atoms with E-state index in [1.807, 2.05) is 53.2 Å². The summed E-state index contributed by atoms with van der Waals surface area (Å²) in [5.74, 6) is 0.0965. The molecule has 0 aromatic heterocycles. The van der Waals surface area contributed by atoms with Crippen LogP contribution in [0.15, 0.2) is 48.5 Å². The average Bonchev–Trinajstić information content (AvgIpc) is 3.23. The smallest absolute Gasteiger partial charge is 0.253 e. The molecule has 5 heteroatoms. The highest BCUT2D eigenvalue weighted by molar-refractivity contribution is 5.94. The van der Waals surface area contributed by atoms with Gasteiger partial charge in [-0.15, -0.1) is 0 Å². The molecule has 2 aromatic rings. The summed E-state index contributed by atoms with van der Waals surface area (Å²) in [5, 5.41) is 2.96. The summed E-state index contributed by atoms with van der Waals surface area (Å²) < 4.78 is 0. The van der Waals surface area contributed by atoms with Crippen LogP contribution >= 0.6 is 0 Å². The zero-order chi connectivity index (χ0) is 19.9. The van der Waals surface area contributed by atoms with Crippen molar-refractivity contribution in [1.29, 1.82) is 0 Å². The van der Waals surface area contributed by atoms with E-state index in [-0.39, 0.29) is 11.8 Å². The van der Waals surface area contributed by atoms with Crippen molar-refractivity contribution in [3.8, 4) is 0 Å². The van der Waals surface area contributed by atoms with E-state index in [9.17, 15) is 9.59 Å². The second-order valence-electron chi connectivity index (χ2n) is 7.57. The van der Waals surface area contributed by atoms with E-state index in [4.69, 9.17) is 0 Å². The van der Waals surface area contributed by atoms with Gasteiger partial charge in [0.25, 0.3) is 5.91 Å². The number of hydrogen-bond donors (Lipinski definition) is 1. The van der Waals surface area contributed by atoms with Crippen LogP contribution in [0.5, 0.6) is 0 Å². The summed E-state index contributed by atoms with van der Waals surface area (Å²) in [6.45, 7) is 5.35. The first-order valence-corrected chi connectivity index (χ1v) is 9.91. The number of carbonyl (C=O) groups excluding carboxylic acids is 2. The zero-order valence-electron chi connectivity index (χ0n) is 16.8. The van der Waals surface area contributed by atoms with E-state index < -0.39 is 0 Å². The second-order valence-corrected chi connectivity index (χ2v) is 7.57. The summed E-state index contributed by atoms with van der Waals surface area (Å²) in [5.41, 5.74) is 4.18. The van der Waals surface area contributed by atoms with E-state index in [2.05, 4.69) is 24.4 Å². The molecule has 0 unspecified atom stereocenters. The highest BCUT2D eigenvalue weighted by Gasteiger charge is 2.19. The highest BCUT2D eigenvalue weighted by Crippen LogP contribution is 2.14. The number of amides is 2. The van der Waals surface area contributed by atoms with Crippen molar-refractivity contribution < 1.29 is 9.59 Å². The molecule has 1 aliphatic rings. The van der Waals surface area contributed by atoms with Crippen molar-refractivity contribution in [2.75, 3.05) is 26.7 Å². The van der Waals surface area contributed by atoms with E-state index in [1.54, 1.807) is 0 Å². The normalized spacial score (nSPS) is 13.8. The molecule has 0 spiro atoms. The number of rotatable bonds is 7. The summed E-state index contributed by atoms with van der Waals surface area (Å²) >= 11 is 0. The predicted octanol–water partition coefficient (Wildman–Crippen LogP) is 2.98. The maximum Gasteiger partial charge on any atom is 0.253 e. The van der Waals surface area contributed by atoms with Crippen LogP contribution < -0.4 is 5.32 Å². The first-order valence-electron chi connectivity index (χ1n) is 9.91. The Labute approximate surface area is 167 Å². The van der Waals surface area contributed by atoms with Crippen LogP contribution in [0.25, 0.3) is 0 Å². The molecule has 1 fully saturated rings. The van der Waals surface area contributed by atoms with Gasteiger partial charge in [-0.1, -0.05) is 36.4 Å². The van der Waals surface area contributed by atoms with Gasteiger partial charge in [0.1, 0.15) is 0 Å². The third kappa shape index (κ3) is 5.42. The van der Waals surface area contributed by atoms with Crippen molar-refractivity contribution in [2.45, 2.75) is 32.9 Å². The molecule has 0 bridgehead atoms. The van der Waals surface area contributed by atoms with Crippen LogP contribution in [0.4, 0.5) is 0 Å². The molecule has 1 N–H and O–H groups in total. The topological polar surface area (TPSA) is 52.7 Å². The Morgan fingerprint density at radius 2 is 1.71 bits per heavy atom. The summed E-state index contributed by atoms with van der Waals surface area (Å²) in [7, 11) is 1.95. The fraction of sp³-hybridized carbons (Fsp3) is 0.391. The first kappa shape index (κ1) is 20.1. The van der Waals surface area contributed by atoms with Gasteiger partial charge in [0.2, 0.25) is 5.91 Å². The number of hydrogen-bond acceptors (Lipinski definition) is 3. The largest absolute Gasteiger partial charge is 0.351 e. The molecule has 0 radical (unpaired) electrons. The zero-order valence-corrected chi connectivity index (χ0v) is 16.8. The lowest BCUT2D eigenvalue weighted by Gasteiger charge is -2.18. The van der Waals surface area contributed by atoms with Crippen molar-refractivity contribution in [1.82, 2.24) is 15.1 Å². The third-order valence-corrected chi connectivity index (χ3v) is 5.20. The number of nitrogens with one attached hydrogen (secondary N) is 1. The number of likely N-dealkylation sites (N-methyl/N-ethyl adjacent to an activating group) is 1. The first-order chi connectivity index (χ1) is 13.5. The van der Waals surface area contributed by atoms with Gasteiger partial charge in [-0.3, -0.25) is 14.5 Å². The third-order valence-electron chi connectivity index (χ3n) is 5.20. The van der Waals surface area contributed by atoms with Gasteiger partial charge in [-0.05, 0) is 55.6 Å². The molecular formula is C23H29N3O2. The quantitative estimate of drug-likeness (QED) is 0.805. The molecule has 2 aromatic carbocycles. The fourth-order valence-corrected chi connectivity index (χ4v) is 3.50. The summed E-state index contributed by atoms with van der Waals surface area (Å²) in [4.78, 5) is 28.5. The molecule has 2 amide bonds. The van der Waals surface area contributed by atoms with Crippen molar-refractivity contribution in [3.05, 3.63) is 70.8 Å². The molecule has 0 saturated carbocycles. The molecule has 148 valence electrons. The van der Waals surface area contributed by atoms with Gasteiger partial charge >= 0.3 is 0 Å². The van der Waals surface area contributed by atoms with Crippen LogP contribution in [0.1, 0.15) is 39.9 Å². The van der Waals surface area contributed by atoms with Crippen molar-refractivity contribution in [2.24, 2.45) is 0 Å². The van der Waals surface area contributed by atoms with Crippen LogP contribution in [0.3, 0.4) is 0 Å². The van der Waals surface area contributed by atoms with E-state index in [0.717, 1.165) is 43.6 Å². The molecule has 1 heterocycles. The monoisotopic (exact) mass is 379 g/mol. The van der Waals surface area contributed by atoms with Gasteiger partial charge in [0, 0.05) is 31.7 Å². The highest BCUT2D eigenvalue weighted by atomic mass is 16.2. The molecule has 0 aliphatic carbocycles. The number of likely N-dealkylation sites (tertiary alicyclic amines) is 1. The van der Waals surface area contributed by atoms with Crippen molar-refractivity contribution >= 4 is 11.8 Å². The van der Waals surface area contributed by atoms with Gasteiger partial charge in [-0.25, -0.2) is 0 Å². The minimum absolute atomic E-state index is 0.00620. The lowest BCUT2D eigenvalue weighted by Crippen LogP contribution is -2.34. The Morgan fingerprint density at radius 3 is 2.39 bits per heavy atom. The Balaban J connectivity index is 1.45. The van der Waals surface area contributed by atoms with Crippen LogP contribution in [-0.2, 0) is 17.9 Å². The van der Waals surface area contributed by atoms with Crippen LogP contribution in [0, 0.1) is 6.92 Å². The number of carbonyl (C=O) groups is 2. The SMILES string of the molecule is Cc1ccccc1CN(C)CC(=O)NCc1ccc(C(=O)N2CCCC2)cc1.